The van der Waals surface area contributed by atoms with Gasteiger partial charge in [0.25, 0.3) is 5.91 Å². The van der Waals surface area contributed by atoms with Gasteiger partial charge in [-0.25, -0.2) is 0 Å². The minimum Gasteiger partial charge on any atom is -0.497 e. The molecule has 27 heavy (non-hydrogen) atoms. The van der Waals surface area contributed by atoms with E-state index >= 15 is 0 Å². The molecule has 1 saturated heterocycles. The number of nitrogens with zero attached hydrogens (tertiary/aromatic N) is 1. The van der Waals surface area contributed by atoms with Crippen molar-refractivity contribution in [3.05, 3.63) is 35.0 Å². The number of ether oxygens (including phenoxy) is 3. The van der Waals surface area contributed by atoms with Gasteiger partial charge in [-0.3, -0.25) is 9.89 Å². The molecule has 0 unspecified atom stereocenters. The zero-order valence-electron chi connectivity index (χ0n) is 15.3. The zero-order valence-corrected chi connectivity index (χ0v) is 15.3. The Morgan fingerprint density at radius 3 is 2.48 bits per heavy atom. The minimum absolute atomic E-state index is 0.195. The number of benzene rings is 1. The van der Waals surface area contributed by atoms with E-state index in [2.05, 4.69) is 27.4 Å². The minimum atomic E-state index is -0.592. The van der Waals surface area contributed by atoms with Crippen molar-refractivity contribution in [2.24, 2.45) is 5.73 Å². The van der Waals surface area contributed by atoms with Crippen molar-refractivity contribution in [2.45, 2.75) is 18.9 Å². The second kappa shape index (κ2) is 8.47. The predicted molar refractivity (Wildman–Crippen MR) is 100 cm³/mol. The summed E-state index contributed by atoms with van der Waals surface area (Å²) in [6.45, 7) is 1.37. The van der Waals surface area contributed by atoms with E-state index in [1.807, 2.05) is 0 Å². The van der Waals surface area contributed by atoms with Crippen molar-refractivity contribution in [1.29, 1.82) is 0 Å². The van der Waals surface area contributed by atoms with E-state index in [0.29, 0.717) is 41.8 Å². The van der Waals surface area contributed by atoms with E-state index < -0.39 is 5.91 Å². The van der Waals surface area contributed by atoms with Crippen molar-refractivity contribution in [2.75, 3.05) is 32.8 Å². The summed E-state index contributed by atoms with van der Waals surface area (Å²) in [5, 5.41) is 10.3. The third kappa shape index (κ3) is 4.51. The number of anilines is 1. The van der Waals surface area contributed by atoms with Crippen LogP contribution in [0.4, 0.5) is 5.82 Å². The van der Waals surface area contributed by atoms with Crippen LogP contribution in [0, 0.1) is 11.8 Å². The fourth-order valence-electron chi connectivity index (χ4n) is 2.83. The summed E-state index contributed by atoms with van der Waals surface area (Å²) in [4.78, 5) is 11.9. The van der Waals surface area contributed by atoms with E-state index in [1.54, 1.807) is 32.4 Å². The number of nitrogens with two attached hydrogens (primary N) is 1. The lowest BCUT2D eigenvalue weighted by atomic mass is 10.1. The summed E-state index contributed by atoms with van der Waals surface area (Å²) in [5.41, 5.74) is 6.77. The molecule has 0 spiro atoms. The van der Waals surface area contributed by atoms with Gasteiger partial charge in [0.15, 0.2) is 0 Å². The highest BCUT2D eigenvalue weighted by atomic mass is 16.5. The molecule has 0 bridgehead atoms. The van der Waals surface area contributed by atoms with Crippen LogP contribution in [-0.2, 0) is 4.74 Å². The molecule has 1 aromatic carbocycles. The average Bonchev–Trinajstić information content (AvgIpc) is 3.09. The molecule has 1 aliphatic heterocycles. The first-order valence-corrected chi connectivity index (χ1v) is 8.58. The number of rotatable bonds is 5. The van der Waals surface area contributed by atoms with Crippen molar-refractivity contribution in [3.63, 3.8) is 0 Å². The van der Waals surface area contributed by atoms with E-state index in [4.69, 9.17) is 19.9 Å². The van der Waals surface area contributed by atoms with Gasteiger partial charge in [0, 0.05) is 30.9 Å². The molecule has 1 aromatic heterocycles. The van der Waals surface area contributed by atoms with Gasteiger partial charge in [-0.2, -0.15) is 5.10 Å². The Kier molecular flexibility index (Phi) is 5.84. The number of methoxy groups -OCH3 is 2. The molecule has 142 valence electrons. The molecule has 0 atom stereocenters. The number of hydrogen-bond donors (Lipinski definition) is 3. The van der Waals surface area contributed by atoms with Gasteiger partial charge in [0.1, 0.15) is 28.6 Å². The van der Waals surface area contributed by atoms with Crippen LogP contribution in [0.5, 0.6) is 11.5 Å². The Morgan fingerprint density at radius 2 is 1.89 bits per heavy atom. The molecule has 0 aliphatic carbocycles. The largest absolute Gasteiger partial charge is 0.497 e. The molecule has 4 N–H and O–H groups in total. The summed E-state index contributed by atoms with van der Waals surface area (Å²) >= 11 is 0. The Morgan fingerprint density at radius 1 is 1.22 bits per heavy atom. The van der Waals surface area contributed by atoms with Crippen molar-refractivity contribution in [3.8, 4) is 23.3 Å². The van der Waals surface area contributed by atoms with E-state index in [9.17, 15) is 4.79 Å². The first-order chi connectivity index (χ1) is 13.1. The number of aromatic amines is 1. The Hall–Kier alpha value is -3.18. The zero-order chi connectivity index (χ0) is 19.2. The highest BCUT2D eigenvalue weighted by Crippen LogP contribution is 2.23. The van der Waals surface area contributed by atoms with Crippen LogP contribution in [0.1, 0.15) is 34.5 Å². The molecule has 2 aromatic rings. The lowest BCUT2D eigenvalue weighted by Crippen LogP contribution is -2.29. The number of nitrogens with one attached hydrogen (secondary N) is 2. The monoisotopic (exact) mass is 370 g/mol. The van der Waals surface area contributed by atoms with Crippen molar-refractivity contribution in [1.82, 2.24) is 10.2 Å². The third-order valence-electron chi connectivity index (χ3n) is 4.26. The summed E-state index contributed by atoms with van der Waals surface area (Å²) < 4.78 is 15.8. The second-order valence-electron chi connectivity index (χ2n) is 6.07. The van der Waals surface area contributed by atoms with Crippen LogP contribution in [0.2, 0.25) is 0 Å². The summed E-state index contributed by atoms with van der Waals surface area (Å²) in [6, 6.07) is 5.49. The first-order valence-electron chi connectivity index (χ1n) is 8.58. The molecule has 1 aliphatic rings. The maximum atomic E-state index is 11.9. The molecule has 1 fully saturated rings. The van der Waals surface area contributed by atoms with Gasteiger partial charge in [0.2, 0.25) is 0 Å². The SMILES string of the molecule is COc1cc(C#Cc2n[nH]c(NC3CCOCC3)c2C(N)=O)cc(OC)c1. The van der Waals surface area contributed by atoms with Crippen molar-refractivity contribution >= 4 is 11.7 Å². The topological polar surface area (TPSA) is 111 Å². The molecule has 0 radical (unpaired) electrons. The number of H-pyrrole nitrogens is 1. The molecule has 0 saturated carbocycles. The van der Waals surface area contributed by atoms with Gasteiger partial charge < -0.3 is 25.3 Å². The molecule has 8 heteroatoms. The van der Waals surface area contributed by atoms with Crippen LogP contribution in [0.15, 0.2) is 18.2 Å². The van der Waals surface area contributed by atoms with Crippen molar-refractivity contribution < 1.29 is 19.0 Å². The quantitative estimate of drug-likeness (QED) is 0.688. The molecule has 1 amide bonds. The van der Waals surface area contributed by atoms with Crippen LogP contribution < -0.4 is 20.5 Å². The number of carbonyl (C=O) groups excluding carboxylic acids is 1. The summed E-state index contributed by atoms with van der Waals surface area (Å²) in [6.07, 6.45) is 1.70. The maximum absolute atomic E-state index is 11.9. The van der Waals surface area contributed by atoms with Crippen LogP contribution in [0.3, 0.4) is 0 Å². The fourth-order valence-corrected chi connectivity index (χ4v) is 2.83. The normalized spacial score (nSPS) is 14.1. The van der Waals surface area contributed by atoms with Gasteiger partial charge in [-0.05, 0) is 30.9 Å². The molecule has 8 nitrogen and oxygen atoms in total. The van der Waals surface area contributed by atoms with Gasteiger partial charge in [-0.1, -0.05) is 5.92 Å². The Bertz CT molecular complexity index is 853. The lowest BCUT2D eigenvalue weighted by Gasteiger charge is -2.23. The predicted octanol–water partition coefficient (Wildman–Crippen LogP) is 1.52. The molecular weight excluding hydrogens is 348 g/mol. The van der Waals surface area contributed by atoms with Crippen LogP contribution >= 0.6 is 0 Å². The number of primary amides is 1. The van der Waals surface area contributed by atoms with E-state index in [1.165, 1.54) is 0 Å². The molecular formula is C19H22N4O4. The van der Waals surface area contributed by atoms with Crippen LogP contribution in [0.25, 0.3) is 0 Å². The highest BCUT2D eigenvalue weighted by molar-refractivity contribution is 5.99. The van der Waals surface area contributed by atoms with Gasteiger partial charge >= 0.3 is 0 Å². The standard InChI is InChI=1S/C19H22N4O4/c1-25-14-9-12(10-15(11-14)26-2)3-4-16-17(18(20)24)19(23-22-16)21-13-5-7-27-8-6-13/h9-11,13H,5-8H2,1-2H3,(H2,20,24)(H2,21,22,23). The second-order valence-corrected chi connectivity index (χ2v) is 6.07. The summed E-state index contributed by atoms with van der Waals surface area (Å²) in [7, 11) is 3.14. The maximum Gasteiger partial charge on any atom is 0.255 e. The smallest absolute Gasteiger partial charge is 0.255 e. The Labute approximate surface area is 157 Å². The van der Waals surface area contributed by atoms with Crippen LogP contribution in [-0.4, -0.2) is 49.6 Å². The van der Waals surface area contributed by atoms with Gasteiger partial charge in [0.05, 0.1) is 14.2 Å². The number of carbonyl (C=O) groups is 1. The molecule has 3 rings (SSSR count). The third-order valence-corrected chi connectivity index (χ3v) is 4.26. The number of aromatic nitrogens is 2. The van der Waals surface area contributed by atoms with Gasteiger partial charge in [-0.15, -0.1) is 0 Å². The average molecular weight is 370 g/mol. The van der Waals surface area contributed by atoms with E-state index in [-0.39, 0.29) is 11.6 Å². The Balaban J connectivity index is 1.87. The fraction of sp³-hybridized carbons (Fsp3) is 0.368. The lowest BCUT2D eigenvalue weighted by molar-refractivity contribution is 0.0903. The van der Waals surface area contributed by atoms with E-state index in [0.717, 1.165) is 12.8 Å². The highest BCUT2D eigenvalue weighted by Gasteiger charge is 2.21. The summed E-state index contributed by atoms with van der Waals surface area (Å²) in [5.74, 6) is 7.02. The first kappa shape index (κ1) is 18.6. The number of hydrogen-bond acceptors (Lipinski definition) is 6. The molecule has 2 heterocycles. The number of amides is 1.